The van der Waals surface area contributed by atoms with Gasteiger partial charge in [0.1, 0.15) is 5.75 Å². The van der Waals surface area contributed by atoms with Crippen LogP contribution in [0.25, 0.3) is 0 Å². The molecule has 1 N–H and O–H groups in total. The van der Waals surface area contributed by atoms with Gasteiger partial charge in [0.2, 0.25) is 0 Å². The van der Waals surface area contributed by atoms with Crippen LogP contribution in [0.5, 0.6) is 5.75 Å². The summed E-state index contributed by atoms with van der Waals surface area (Å²) in [7, 11) is 1.74. The fraction of sp³-hybridized carbons (Fsp3) is 0.625. The van der Waals surface area contributed by atoms with Crippen molar-refractivity contribution in [3.63, 3.8) is 0 Å². The van der Waals surface area contributed by atoms with E-state index in [4.69, 9.17) is 9.47 Å². The molecule has 0 aliphatic rings. The van der Waals surface area contributed by atoms with Gasteiger partial charge in [0, 0.05) is 19.8 Å². The van der Waals surface area contributed by atoms with Crippen LogP contribution in [-0.4, -0.2) is 26.4 Å². The van der Waals surface area contributed by atoms with Crippen LogP contribution in [0.4, 0.5) is 0 Å². The Hall–Kier alpha value is -1.06. The average molecular weight is 265 g/mol. The highest BCUT2D eigenvalue weighted by Crippen LogP contribution is 2.19. The Morgan fingerprint density at radius 2 is 1.84 bits per heavy atom. The molecule has 0 aliphatic heterocycles. The van der Waals surface area contributed by atoms with Crippen LogP contribution >= 0.6 is 0 Å². The van der Waals surface area contributed by atoms with Crippen LogP contribution in [0, 0.1) is 0 Å². The molecule has 0 radical (unpaired) electrons. The van der Waals surface area contributed by atoms with E-state index in [1.54, 1.807) is 7.11 Å². The highest BCUT2D eigenvalue weighted by atomic mass is 16.5. The highest BCUT2D eigenvalue weighted by molar-refractivity contribution is 5.29. The molecule has 2 atom stereocenters. The second-order valence-corrected chi connectivity index (χ2v) is 4.93. The second-order valence-electron chi connectivity index (χ2n) is 4.93. The molecule has 0 amide bonds. The predicted molar refractivity (Wildman–Crippen MR) is 79.7 cm³/mol. The van der Waals surface area contributed by atoms with Gasteiger partial charge in [-0.15, -0.1) is 0 Å². The van der Waals surface area contributed by atoms with E-state index in [0.29, 0.717) is 6.04 Å². The number of hydrogen-bond acceptors (Lipinski definition) is 3. The van der Waals surface area contributed by atoms with Crippen molar-refractivity contribution in [1.29, 1.82) is 0 Å². The van der Waals surface area contributed by atoms with E-state index in [-0.39, 0.29) is 6.10 Å². The molecule has 1 aromatic rings. The molecule has 0 saturated heterocycles. The van der Waals surface area contributed by atoms with Crippen LogP contribution in [-0.2, 0) is 4.74 Å². The lowest BCUT2D eigenvalue weighted by Crippen LogP contribution is -2.20. The maximum atomic E-state index is 5.77. The Morgan fingerprint density at radius 3 is 2.42 bits per heavy atom. The molecular formula is C16H27NO2. The van der Waals surface area contributed by atoms with Crippen molar-refractivity contribution in [2.45, 2.75) is 45.8 Å². The summed E-state index contributed by atoms with van der Waals surface area (Å²) in [6.45, 7) is 8.18. The molecular weight excluding hydrogens is 238 g/mol. The molecule has 108 valence electrons. The lowest BCUT2D eigenvalue weighted by Gasteiger charge is -2.16. The first-order chi connectivity index (χ1) is 9.17. The third-order valence-electron chi connectivity index (χ3n) is 3.27. The van der Waals surface area contributed by atoms with Crippen LogP contribution in [0.3, 0.4) is 0 Å². The number of methoxy groups -OCH3 is 1. The summed E-state index contributed by atoms with van der Waals surface area (Å²) in [5, 5.41) is 3.48. The van der Waals surface area contributed by atoms with Gasteiger partial charge in [0.05, 0.1) is 6.10 Å². The zero-order valence-corrected chi connectivity index (χ0v) is 12.6. The minimum atomic E-state index is 0.274. The van der Waals surface area contributed by atoms with Gasteiger partial charge in [0.25, 0.3) is 0 Å². The largest absolute Gasteiger partial charge is 0.491 e. The topological polar surface area (TPSA) is 30.5 Å². The molecule has 0 aliphatic carbocycles. The van der Waals surface area contributed by atoms with Crippen molar-refractivity contribution in [1.82, 2.24) is 5.32 Å². The first kappa shape index (κ1) is 16.0. The lowest BCUT2D eigenvalue weighted by molar-refractivity contribution is 0.193. The highest BCUT2D eigenvalue weighted by Gasteiger charge is 2.05. The second kappa shape index (κ2) is 8.94. The standard InChI is InChI=1S/C16H27NO2/c1-5-13(2)19-16-9-7-15(8-10-16)14(3)17-11-6-12-18-4/h7-10,13-14,17H,5-6,11-12H2,1-4H3/t13-,14-/m1/s1. The maximum absolute atomic E-state index is 5.77. The van der Waals surface area contributed by atoms with Gasteiger partial charge in [-0.3, -0.25) is 0 Å². The monoisotopic (exact) mass is 265 g/mol. The molecule has 0 heterocycles. The van der Waals surface area contributed by atoms with Crippen molar-refractivity contribution in [3.8, 4) is 5.75 Å². The Kier molecular flexibility index (Phi) is 7.53. The summed E-state index contributed by atoms with van der Waals surface area (Å²) in [5.41, 5.74) is 1.29. The summed E-state index contributed by atoms with van der Waals surface area (Å²) >= 11 is 0. The fourth-order valence-electron chi connectivity index (χ4n) is 1.80. The van der Waals surface area contributed by atoms with Crippen molar-refractivity contribution < 1.29 is 9.47 Å². The molecule has 0 unspecified atom stereocenters. The first-order valence-electron chi connectivity index (χ1n) is 7.16. The van der Waals surface area contributed by atoms with Crippen LogP contribution < -0.4 is 10.1 Å². The Balaban J connectivity index is 2.41. The summed E-state index contributed by atoms with van der Waals surface area (Å²) < 4.78 is 10.8. The van der Waals surface area contributed by atoms with Gasteiger partial charge in [-0.25, -0.2) is 0 Å². The van der Waals surface area contributed by atoms with E-state index in [1.165, 1.54) is 5.56 Å². The number of nitrogens with one attached hydrogen (secondary N) is 1. The number of hydrogen-bond donors (Lipinski definition) is 1. The van der Waals surface area contributed by atoms with Gasteiger partial charge in [-0.1, -0.05) is 19.1 Å². The first-order valence-corrected chi connectivity index (χ1v) is 7.16. The van der Waals surface area contributed by atoms with Gasteiger partial charge < -0.3 is 14.8 Å². The molecule has 19 heavy (non-hydrogen) atoms. The quantitative estimate of drug-likeness (QED) is 0.693. The lowest BCUT2D eigenvalue weighted by atomic mass is 10.1. The zero-order valence-electron chi connectivity index (χ0n) is 12.6. The molecule has 0 aromatic heterocycles. The van der Waals surface area contributed by atoms with Crippen molar-refractivity contribution in [3.05, 3.63) is 29.8 Å². The molecule has 1 rings (SSSR count). The van der Waals surface area contributed by atoms with E-state index >= 15 is 0 Å². The molecule has 1 aromatic carbocycles. The average Bonchev–Trinajstić information content (AvgIpc) is 2.44. The summed E-state index contributed by atoms with van der Waals surface area (Å²) in [4.78, 5) is 0. The maximum Gasteiger partial charge on any atom is 0.119 e. The SMILES string of the molecule is CC[C@@H](C)Oc1ccc([C@@H](C)NCCCOC)cc1. The molecule has 0 spiro atoms. The van der Waals surface area contributed by atoms with E-state index in [0.717, 1.165) is 31.7 Å². The van der Waals surface area contributed by atoms with E-state index in [9.17, 15) is 0 Å². The summed E-state index contributed by atoms with van der Waals surface area (Å²) in [6, 6.07) is 8.72. The third-order valence-corrected chi connectivity index (χ3v) is 3.27. The van der Waals surface area contributed by atoms with E-state index in [1.807, 2.05) is 0 Å². The van der Waals surface area contributed by atoms with Gasteiger partial charge in [-0.05, 0) is 50.9 Å². The number of benzene rings is 1. The third kappa shape index (κ3) is 6.08. The molecule has 0 saturated carbocycles. The molecule has 0 bridgehead atoms. The van der Waals surface area contributed by atoms with E-state index in [2.05, 4.69) is 50.4 Å². The summed E-state index contributed by atoms with van der Waals surface area (Å²) in [5.74, 6) is 0.949. The Morgan fingerprint density at radius 1 is 1.16 bits per heavy atom. The fourth-order valence-corrected chi connectivity index (χ4v) is 1.80. The molecule has 3 nitrogen and oxygen atoms in total. The predicted octanol–water partition coefficient (Wildman–Crippen LogP) is 3.55. The minimum Gasteiger partial charge on any atom is -0.491 e. The van der Waals surface area contributed by atoms with Crippen LogP contribution in [0.1, 0.15) is 45.2 Å². The normalized spacial score (nSPS) is 14.1. The minimum absolute atomic E-state index is 0.274. The van der Waals surface area contributed by atoms with E-state index < -0.39 is 0 Å². The molecule has 3 heteroatoms. The number of rotatable bonds is 9. The van der Waals surface area contributed by atoms with Crippen molar-refractivity contribution in [2.24, 2.45) is 0 Å². The van der Waals surface area contributed by atoms with Crippen molar-refractivity contribution in [2.75, 3.05) is 20.3 Å². The van der Waals surface area contributed by atoms with Crippen molar-refractivity contribution >= 4 is 0 Å². The molecule has 0 fully saturated rings. The Bertz CT molecular complexity index is 337. The van der Waals surface area contributed by atoms with Gasteiger partial charge >= 0.3 is 0 Å². The Labute approximate surface area is 117 Å². The van der Waals surface area contributed by atoms with Crippen LogP contribution in [0.15, 0.2) is 24.3 Å². The number of ether oxygens (including phenoxy) is 2. The van der Waals surface area contributed by atoms with Crippen LogP contribution in [0.2, 0.25) is 0 Å². The van der Waals surface area contributed by atoms with Gasteiger partial charge in [-0.2, -0.15) is 0 Å². The smallest absolute Gasteiger partial charge is 0.119 e. The van der Waals surface area contributed by atoms with Gasteiger partial charge in [0.15, 0.2) is 0 Å². The zero-order chi connectivity index (χ0) is 14.1. The summed E-state index contributed by atoms with van der Waals surface area (Å²) in [6.07, 6.45) is 2.34.